The van der Waals surface area contributed by atoms with Crippen LogP contribution in [-0.4, -0.2) is 17.1 Å². The molecule has 0 aromatic carbocycles. The Morgan fingerprint density at radius 1 is 1.40 bits per heavy atom. The van der Waals surface area contributed by atoms with Gasteiger partial charge in [-0.15, -0.1) is 22.7 Å². The lowest BCUT2D eigenvalue weighted by Crippen LogP contribution is -2.25. The van der Waals surface area contributed by atoms with Crippen molar-refractivity contribution in [2.75, 3.05) is 4.90 Å². The molecule has 0 saturated heterocycles. The van der Waals surface area contributed by atoms with Gasteiger partial charge in [-0.2, -0.15) is 0 Å². The van der Waals surface area contributed by atoms with Gasteiger partial charge >= 0.3 is 0 Å². The van der Waals surface area contributed by atoms with Crippen molar-refractivity contribution in [3.05, 3.63) is 33.5 Å². The molecule has 2 aromatic rings. The van der Waals surface area contributed by atoms with Gasteiger partial charge in [-0.25, -0.2) is 4.98 Å². The smallest absolute Gasteiger partial charge is 0.186 e. The fraction of sp³-hybridized carbons (Fsp3) is 0.533. The lowest BCUT2D eigenvalue weighted by molar-refractivity contribution is 0.582. The predicted octanol–water partition coefficient (Wildman–Crippen LogP) is 3.87. The van der Waals surface area contributed by atoms with E-state index in [4.69, 9.17) is 4.98 Å². The van der Waals surface area contributed by atoms with Crippen LogP contribution < -0.4 is 10.2 Å². The number of rotatable bonds is 7. The van der Waals surface area contributed by atoms with Crippen molar-refractivity contribution >= 4 is 27.8 Å². The first kappa shape index (κ1) is 14.0. The second kappa shape index (κ2) is 6.24. The Morgan fingerprint density at radius 3 is 2.90 bits per heavy atom. The van der Waals surface area contributed by atoms with Crippen LogP contribution in [0.3, 0.4) is 0 Å². The number of aromatic nitrogens is 1. The maximum Gasteiger partial charge on any atom is 0.186 e. The molecule has 5 heteroatoms. The fourth-order valence-electron chi connectivity index (χ4n) is 2.13. The molecule has 0 atom stereocenters. The maximum atomic E-state index is 4.81. The molecule has 108 valence electrons. The average molecular weight is 307 g/mol. The van der Waals surface area contributed by atoms with Crippen molar-refractivity contribution in [1.29, 1.82) is 0 Å². The molecule has 3 nitrogen and oxygen atoms in total. The third-order valence-corrected chi connectivity index (χ3v) is 5.16. The molecule has 0 amide bonds. The van der Waals surface area contributed by atoms with Gasteiger partial charge in [0.15, 0.2) is 5.13 Å². The van der Waals surface area contributed by atoms with Gasteiger partial charge in [0.05, 0.1) is 12.2 Å². The highest BCUT2D eigenvalue weighted by molar-refractivity contribution is 7.13. The summed E-state index contributed by atoms with van der Waals surface area (Å²) < 4.78 is 0. The van der Waals surface area contributed by atoms with Crippen LogP contribution in [-0.2, 0) is 13.1 Å². The third kappa shape index (κ3) is 3.59. The molecule has 1 N–H and O–H groups in total. The van der Waals surface area contributed by atoms with Crippen LogP contribution in [0.4, 0.5) is 5.13 Å². The summed E-state index contributed by atoms with van der Waals surface area (Å²) in [5, 5.41) is 8.96. The lowest BCUT2D eigenvalue weighted by Gasteiger charge is -2.20. The molecular weight excluding hydrogens is 286 g/mol. The van der Waals surface area contributed by atoms with Crippen LogP contribution in [0, 0.1) is 0 Å². The van der Waals surface area contributed by atoms with Gasteiger partial charge in [0, 0.05) is 28.9 Å². The van der Waals surface area contributed by atoms with E-state index < -0.39 is 0 Å². The van der Waals surface area contributed by atoms with Gasteiger partial charge in [-0.3, -0.25) is 0 Å². The van der Waals surface area contributed by atoms with E-state index in [9.17, 15) is 0 Å². The first-order chi connectivity index (χ1) is 9.72. The Morgan fingerprint density at radius 2 is 2.25 bits per heavy atom. The summed E-state index contributed by atoms with van der Waals surface area (Å²) >= 11 is 3.61. The summed E-state index contributed by atoms with van der Waals surface area (Å²) in [6.45, 7) is 6.21. The van der Waals surface area contributed by atoms with Crippen LogP contribution in [0.15, 0.2) is 22.9 Å². The monoisotopic (exact) mass is 307 g/mol. The number of anilines is 1. The Balaban J connectivity index is 1.68. The summed E-state index contributed by atoms with van der Waals surface area (Å²) in [5.74, 6) is 0. The van der Waals surface area contributed by atoms with E-state index in [1.165, 1.54) is 22.9 Å². The number of nitrogens with one attached hydrogen (secondary N) is 1. The number of thiophene rings is 1. The number of hydrogen-bond donors (Lipinski definition) is 1. The summed E-state index contributed by atoms with van der Waals surface area (Å²) in [6.07, 6.45) is 2.62. The first-order valence-electron chi connectivity index (χ1n) is 7.19. The molecule has 0 spiro atoms. The molecule has 2 aromatic heterocycles. The van der Waals surface area contributed by atoms with Gasteiger partial charge in [0.25, 0.3) is 0 Å². The number of nitrogens with zero attached hydrogens (tertiary/aromatic N) is 2. The van der Waals surface area contributed by atoms with Crippen molar-refractivity contribution in [3.8, 4) is 0 Å². The summed E-state index contributed by atoms with van der Waals surface area (Å²) in [6, 6.07) is 5.56. The van der Waals surface area contributed by atoms with Gasteiger partial charge < -0.3 is 10.2 Å². The van der Waals surface area contributed by atoms with Gasteiger partial charge in [0.2, 0.25) is 0 Å². The minimum Gasteiger partial charge on any atom is -0.340 e. The largest absolute Gasteiger partial charge is 0.340 e. The molecule has 20 heavy (non-hydrogen) atoms. The van der Waals surface area contributed by atoms with Crippen molar-refractivity contribution in [3.63, 3.8) is 0 Å². The predicted molar refractivity (Wildman–Crippen MR) is 87.6 cm³/mol. The Kier molecular flexibility index (Phi) is 4.38. The van der Waals surface area contributed by atoms with E-state index >= 15 is 0 Å². The third-order valence-electron chi connectivity index (χ3n) is 3.37. The topological polar surface area (TPSA) is 28.2 Å². The van der Waals surface area contributed by atoms with Gasteiger partial charge in [0.1, 0.15) is 0 Å². The molecule has 0 unspecified atom stereocenters. The Labute approximate surface area is 128 Å². The van der Waals surface area contributed by atoms with Crippen LogP contribution in [0.2, 0.25) is 0 Å². The van der Waals surface area contributed by atoms with E-state index in [-0.39, 0.29) is 0 Å². The highest BCUT2D eigenvalue weighted by Gasteiger charge is 2.31. The molecule has 0 radical (unpaired) electrons. The lowest BCUT2D eigenvalue weighted by atomic mass is 10.4. The van der Waals surface area contributed by atoms with E-state index in [1.807, 2.05) is 11.3 Å². The second-order valence-electron chi connectivity index (χ2n) is 5.60. The van der Waals surface area contributed by atoms with Crippen molar-refractivity contribution in [1.82, 2.24) is 10.3 Å². The maximum absolute atomic E-state index is 4.81. The van der Waals surface area contributed by atoms with E-state index in [0.717, 1.165) is 18.8 Å². The van der Waals surface area contributed by atoms with Crippen molar-refractivity contribution in [2.45, 2.75) is 51.9 Å². The average Bonchev–Trinajstić information content (AvgIpc) is 2.95. The molecule has 1 saturated carbocycles. The Hall–Kier alpha value is -0.910. The molecule has 0 aliphatic heterocycles. The van der Waals surface area contributed by atoms with Crippen molar-refractivity contribution < 1.29 is 0 Å². The van der Waals surface area contributed by atoms with Crippen LogP contribution in [0.25, 0.3) is 0 Å². The van der Waals surface area contributed by atoms with E-state index in [0.29, 0.717) is 12.1 Å². The highest BCUT2D eigenvalue weighted by atomic mass is 32.1. The highest BCUT2D eigenvalue weighted by Crippen LogP contribution is 2.35. The normalized spacial score (nSPS) is 14.9. The SMILES string of the molecule is CC(C)NCc1csc(N(Cc2cccs2)C2CC2)n1. The van der Waals surface area contributed by atoms with Crippen LogP contribution in [0.1, 0.15) is 37.3 Å². The minimum atomic E-state index is 0.505. The molecular formula is C15H21N3S2. The minimum absolute atomic E-state index is 0.505. The van der Waals surface area contributed by atoms with E-state index in [2.05, 4.69) is 47.0 Å². The van der Waals surface area contributed by atoms with Crippen molar-refractivity contribution in [2.24, 2.45) is 0 Å². The first-order valence-corrected chi connectivity index (χ1v) is 8.95. The van der Waals surface area contributed by atoms with Gasteiger partial charge in [-0.1, -0.05) is 19.9 Å². The summed E-state index contributed by atoms with van der Waals surface area (Å²) in [7, 11) is 0. The van der Waals surface area contributed by atoms with Crippen LogP contribution in [0.5, 0.6) is 0 Å². The van der Waals surface area contributed by atoms with E-state index in [1.54, 1.807) is 11.3 Å². The number of thiazole rings is 1. The molecule has 2 heterocycles. The summed E-state index contributed by atoms with van der Waals surface area (Å²) in [5.41, 5.74) is 1.16. The van der Waals surface area contributed by atoms with Gasteiger partial charge in [-0.05, 0) is 24.3 Å². The number of hydrogen-bond acceptors (Lipinski definition) is 5. The molecule has 1 aliphatic carbocycles. The molecule has 1 aliphatic rings. The zero-order valence-corrected chi connectivity index (χ0v) is 13.6. The zero-order chi connectivity index (χ0) is 13.9. The molecule has 1 fully saturated rings. The molecule has 3 rings (SSSR count). The summed E-state index contributed by atoms with van der Waals surface area (Å²) in [4.78, 5) is 8.72. The second-order valence-corrected chi connectivity index (χ2v) is 7.46. The zero-order valence-electron chi connectivity index (χ0n) is 12.0. The Bertz CT molecular complexity index is 529. The quantitative estimate of drug-likeness (QED) is 0.841. The fourth-order valence-corrected chi connectivity index (χ4v) is 3.73. The molecule has 0 bridgehead atoms. The standard InChI is InChI=1S/C15H21N3S2/c1-11(2)16-8-12-10-20-15(17-12)18(13-5-6-13)9-14-4-3-7-19-14/h3-4,7,10-11,13,16H,5-6,8-9H2,1-2H3. The van der Waals surface area contributed by atoms with Crippen LogP contribution >= 0.6 is 22.7 Å².